The minimum Gasteiger partial charge on any atom is -0.497 e. The van der Waals surface area contributed by atoms with Crippen molar-refractivity contribution in [1.82, 2.24) is 15.1 Å². The first kappa shape index (κ1) is 28.2. The molecule has 1 aromatic heterocycles. The van der Waals surface area contributed by atoms with E-state index in [1.54, 1.807) is 37.4 Å². The number of nitrogens with one attached hydrogen (secondary N) is 1. The van der Waals surface area contributed by atoms with Gasteiger partial charge in [-0.05, 0) is 77.9 Å². The van der Waals surface area contributed by atoms with E-state index in [0.717, 1.165) is 38.9 Å². The van der Waals surface area contributed by atoms with Crippen molar-refractivity contribution in [2.24, 2.45) is 0 Å². The lowest BCUT2D eigenvalue weighted by Crippen LogP contribution is -2.26. The van der Waals surface area contributed by atoms with Crippen molar-refractivity contribution in [3.63, 3.8) is 0 Å². The van der Waals surface area contributed by atoms with Crippen molar-refractivity contribution >= 4 is 45.9 Å². The third-order valence-corrected chi connectivity index (χ3v) is 7.49. The number of aromatic nitrogens is 2. The summed E-state index contributed by atoms with van der Waals surface area (Å²) in [4.78, 5) is 23.2. The highest BCUT2D eigenvalue weighted by atomic mass is 35.5. The quantitative estimate of drug-likeness (QED) is 0.186. The molecule has 0 fully saturated rings. The van der Waals surface area contributed by atoms with Crippen LogP contribution in [0, 0.1) is 0 Å². The number of benzene rings is 4. The maximum atomic E-state index is 12.4. The zero-order valence-corrected chi connectivity index (χ0v) is 23.9. The third kappa shape index (κ3) is 6.21. The van der Waals surface area contributed by atoms with Crippen LogP contribution in [-0.2, 0) is 4.79 Å². The summed E-state index contributed by atoms with van der Waals surface area (Å²) in [5.41, 5.74) is 4.65. The summed E-state index contributed by atoms with van der Waals surface area (Å²) in [6.45, 7) is 2.10. The van der Waals surface area contributed by atoms with E-state index in [-0.39, 0.29) is 24.9 Å². The van der Waals surface area contributed by atoms with E-state index in [2.05, 4.69) is 23.5 Å². The minimum absolute atomic E-state index is 0.0658. The van der Waals surface area contributed by atoms with Crippen LogP contribution in [-0.4, -0.2) is 40.4 Å². The molecule has 0 saturated carbocycles. The normalized spacial score (nSPS) is 11.8. The van der Waals surface area contributed by atoms with Gasteiger partial charge in [0.2, 0.25) is 0 Å². The fourth-order valence-corrected chi connectivity index (χ4v) is 5.07. The highest BCUT2D eigenvalue weighted by Gasteiger charge is 2.20. The number of fused-ring (bicyclic) bond motifs is 1. The van der Waals surface area contributed by atoms with Crippen LogP contribution in [0.15, 0.2) is 84.9 Å². The topological polar surface area (TPSA) is 93.5 Å². The second-order valence-corrected chi connectivity index (χ2v) is 10.5. The van der Waals surface area contributed by atoms with Crippen molar-refractivity contribution in [3.8, 4) is 28.3 Å². The molecule has 41 heavy (non-hydrogen) atoms. The van der Waals surface area contributed by atoms with E-state index < -0.39 is 5.97 Å². The van der Waals surface area contributed by atoms with Crippen LogP contribution in [0.1, 0.15) is 35.3 Å². The molecule has 0 spiro atoms. The number of rotatable bonds is 9. The maximum absolute atomic E-state index is 12.4. The van der Waals surface area contributed by atoms with Gasteiger partial charge < -0.3 is 15.2 Å². The summed E-state index contributed by atoms with van der Waals surface area (Å²) < 4.78 is 7.32. The van der Waals surface area contributed by atoms with Crippen molar-refractivity contribution < 1.29 is 19.4 Å². The Hall–Kier alpha value is -4.33. The zero-order chi connectivity index (χ0) is 29.1. The first-order valence-corrected chi connectivity index (χ1v) is 13.7. The van der Waals surface area contributed by atoms with E-state index >= 15 is 0 Å². The number of carbonyl (C=O) groups is 2. The van der Waals surface area contributed by atoms with E-state index in [9.17, 15) is 9.59 Å². The first-order chi connectivity index (χ1) is 19.7. The van der Waals surface area contributed by atoms with Gasteiger partial charge in [0.1, 0.15) is 5.75 Å². The van der Waals surface area contributed by atoms with Crippen molar-refractivity contribution in [1.29, 1.82) is 0 Å². The predicted molar refractivity (Wildman–Crippen MR) is 162 cm³/mol. The number of aliphatic carboxylic acids is 1. The monoisotopic (exact) mass is 587 g/mol. The second kappa shape index (κ2) is 12.0. The first-order valence-electron chi connectivity index (χ1n) is 13.0. The number of nitrogens with zero attached hydrogens (tertiary/aromatic N) is 2. The Morgan fingerprint density at radius 3 is 2.41 bits per heavy atom. The van der Waals surface area contributed by atoms with Gasteiger partial charge in [-0.1, -0.05) is 53.5 Å². The van der Waals surface area contributed by atoms with Crippen molar-refractivity contribution in [3.05, 3.63) is 106 Å². The van der Waals surface area contributed by atoms with Crippen molar-refractivity contribution in [2.45, 2.75) is 19.4 Å². The molecule has 0 bridgehead atoms. The van der Waals surface area contributed by atoms with Crippen LogP contribution < -0.4 is 10.1 Å². The molecule has 1 atom stereocenters. The summed E-state index contributed by atoms with van der Waals surface area (Å²) in [6, 6.07) is 26.5. The molecular weight excluding hydrogens is 561 g/mol. The smallest absolute Gasteiger partial charge is 0.305 e. The van der Waals surface area contributed by atoms with Gasteiger partial charge in [-0.25, -0.2) is 0 Å². The van der Waals surface area contributed by atoms with Crippen LogP contribution in [0.25, 0.3) is 33.3 Å². The number of carbonyl (C=O) groups excluding carboxylic acids is 1. The molecule has 4 aromatic carbocycles. The fraction of sp³-hybridized carbons (Fsp3) is 0.156. The van der Waals surface area contributed by atoms with Gasteiger partial charge in [-0.15, -0.1) is 0 Å². The molecular formula is C32H27Cl2N3O4. The van der Waals surface area contributed by atoms with Gasteiger partial charge in [-0.2, -0.15) is 5.10 Å². The summed E-state index contributed by atoms with van der Waals surface area (Å²) in [7, 11) is 1.65. The van der Waals surface area contributed by atoms with Gasteiger partial charge in [0, 0.05) is 28.3 Å². The second-order valence-electron chi connectivity index (χ2n) is 9.61. The van der Waals surface area contributed by atoms with Crippen LogP contribution in [0.3, 0.4) is 0 Å². The molecule has 0 radical (unpaired) electrons. The number of hydrogen-bond acceptors (Lipinski definition) is 4. The Balaban J connectivity index is 1.53. The molecule has 9 heteroatoms. The molecule has 2 N–H and O–H groups in total. The Morgan fingerprint density at radius 1 is 0.951 bits per heavy atom. The largest absolute Gasteiger partial charge is 0.497 e. The molecule has 0 saturated heterocycles. The Labute approximate surface area is 247 Å². The minimum atomic E-state index is -0.964. The molecule has 5 rings (SSSR count). The van der Waals surface area contributed by atoms with Gasteiger partial charge >= 0.3 is 5.97 Å². The molecule has 1 amide bonds. The number of carboxylic acids is 1. The lowest BCUT2D eigenvalue weighted by atomic mass is 10.0. The lowest BCUT2D eigenvalue weighted by molar-refractivity contribution is -0.136. The third-order valence-electron chi connectivity index (χ3n) is 6.93. The van der Waals surface area contributed by atoms with Crippen LogP contribution >= 0.6 is 23.2 Å². The Bertz CT molecular complexity index is 1750. The fourth-order valence-electron chi connectivity index (χ4n) is 4.68. The Morgan fingerprint density at radius 2 is 1.68 bits per heavy atom. The molecule has 0 aliphatic heterocycles. The summed E-state index contributed by atoms with van der Waals surface area (Å²) in [5, 5.41) is 19.6. The number of halogens is 2. The van der Waals surface area contributed by atoms with Crippen LogP contribution in [0.4, 0.5) is 0 Å². The molecule has 7 nitrogen and oxygen atoms in total. The molecule has 0 aliphatic carbocycles. The highest BCUT2D eigenvalue weighted by molar-refractivity contribution is 6.35. The molecule has 1 unspecified atom stereocenters. The zero-order valence-electron chi connectivity index (χ0n) is 22.4. The number of hydrogen-bond donors (Lipinski definition) is 2. The predicted octanol–water partition coefficient (Wildman–Crippen LogP) is 7.50. The molecule has 5 aromatic rings. The van der Waals surface area contributed by atoms with Gasteiger partial charge in [0.05, 0.1) is 36.0 Å². The number of methoxy groups -OCH3 is 1. The Kier molecular flexibility index (Phi) is 8.28. The van der Waals surface area contributed by atoms with Gasteiger partial charge in [0.15, 0.2) is 0 Å². The van der Waals surface area contributed by atoms with Crippen LogP contribution in [0.2, 0.25) is 10.0 Å². The average Bonchev–Trinajstić information content (AvgIpc) is 3.42. The summed E-state index contributed by atoms with van der Waals surface area (Å²) in [5.74, 6) is -0.495. The average molecular weight is 588 g/mol. The standard InChI is InChI=1S/C32H27Cl2N3O4/c1-19(20-3-5-21(6-4-20)32(40)35-14-13-31(38)39)37-30(18-29(36-37)27-17-25(33)10-12-28(27)34)24-8-7-23-16-26(41-2)11-9-22(23)15-24/h3-12,15-19H,13-14H2,1-2H3,(H,35,40)(H,38,39). The SMILES string of the molecule is COc1ccc2cc(-c3cc(-c4cc(Cl)ccc4Cl)nn3C(C)c3ccc(C(=O)NCCC(=O)O)cc3)ccc2c1. The van der Waals surface area contributed by atoms with E-state index in [4.69, 9.17) is 38.1 Å². The van der Waals surface area contributed by atoms with E-state index in [1.807, 2.05) is 48.0 Å². The molecule has 1 heterocycles. The highest BCUT2D eigenvalue weighted by Crippen LogP contribution is 2.36. The van der Waals surface area contributed by atoms with Crippen LogP contribution in [0.5, 0.6) is 5.75 Å². The maximum Gasteiger partial charge on any atom is 0.305 e. The molecule has 0 aliphatic rings. The molecule has 208 valence electrons. The van der Waals surface area contributed by atoms with Gasteiger partial charge in [-0.3, -0.25) is 14.3 Å². The number of amides is 1. The number of carboxylic acid groups (broad SMARTS) is 1. The van der Waals surface area contributed by atoms with Crippen molar-refractivity contribution in [2.75, 3.05) is 13.7 Å². The lowest BCUT2D eigenvalue weighted by Gasteiger charge is -2.17. The van der Waals surface area contributed by atoms with Gasteiger partial charge in [0.25, 0.3) is 5.91 Å². The summed E-state index contributed by atoms with van der Waals surface area (Å²) >= 11 is 12.9. The van der Waals surface area contributed by atoms with E-state index in [0.29, 0.717) is 21.3 Å². The summed E-state index contributed by atoms with van der Waals surface area (Å²) in [6.07, 6.45) is -0.135. The number of ether oxygens (including phenoxy) is 1. The van der Waals surface area contributed by atoms with E-state index in [1.165, 1.54) is 0 Å².